The van der Waals surface area contributed by atoms with Gasteiger partial charge in [-0.25, -0.2) is 0 Å². The second-order valence-corrected chi connectivity index (χ2v) is 8.47. The van der Waals surface area contributed by atoms with Crippen LogP contribution in [0.15, 0.2) is 88.5 Å². The average molecular weight is 539 g/mol. The quantitative estimate of drug-likeness (QED) is 0.282. The summed E-state index contributed by atoms with van der Waals surface area (Å²) in [5, 5.41) is 11.5. The van der Waals surface area contributed by atoms with E-state index in [9.17, 15) is 27.9 Å². The van der Waals surface area contributed by atoms with Crippen molar-refractivity contribution in [3.05, 3.63) is 95.5 Å². The fraction of sp³-hybridized carbons (Fsp3) is 0.143. The highest BCUT2D eigenvalue weighted by molar-refractivity contribution is 6.20. The van der Waals surface area contributed by atoms with Gasteiger partial charge in [-0.1, -0.05) is 24.3 Å². The molecule has 0 spiro atoms. The summed E-state index contributed by atoms with van der Waals surface area (Å²) in [7, 11) is 2.92. The minimum Gasteiger partial charge on any atom is -0.503 e. The molecule has 2 heterocycles. The lowest BCUT2D eigenvalue weighted by Gasteiger charge is -2.27. The Bertz CT molecular complexity index is 1590. The summed E-state index contributed by atoms with van der Waals surface area (Å²) < 4.78 is 58.1. The Morgan fingerprint density at radius 2 is 1.62 bits per heavy atom. The van der Waals surface area contributed by atoms with Gasteiger partial charge in [-0.15, -0.1) is 13.2 Å². The SMILES string of the molecule is COc1ccc(C2C(C(=O)c3cc4cccc(OC)c4o3)=C(O)C(=O)N2c2ccc(OC(F)(F)F)cc2)cc1. The molecule has 1 N–H and O–H groups in total. The maximum Gasteiger partial charge on any atom is 0.573 e. The molecule has 1 atom stereocenters. The van der Waals surface area contributed by atoms with E-state index >= 15 is 0 Å². The number of aliphatic hydroxyl groups excluding tert-OH is 1. The topological polar surface area (TPSA) is 98.4 Å². The van der Waals surface area contributed by atoms with Crippen LogP contribution in [-0.4, -0.2) is 37.4 Å². The minimum absolute atomic E-state index is 0.121. The predicted octanol–water partition coefficient (Wildman–Crippen LogP) is 6.13. The van der Waals surface area contributed by atoms with E-state index in [1.54, 1.807) is 42.5 Å². The molecule has 1 aliphatic rings. The molecule has 1 aliphatic heterocycles. The molecule has 200 valence electrons. The van der Waals surface area contributed by atoms with Gasteiger partial charge in [0, 0.05) is 11.1 Å². The number of fused-ring (bicyclic) bond motifs is 1. The second-order valence-electron chi connectivity index (χ2n) is 8.47. The van der Waals surface area contributed by atoms with Crippen molar-refractivity contribution >= 4 is 28.3 Å². The first-order valence-corrected chi connectivity index (χ1v) is 11.5. The summed E-state index contributed by atoms with van der Waals surface area (Å²) in [6, 6.07) is 16.4. The first-order chi connectivity index (χ1) is 18.6. The summed E-state index contributed by atoms with van der Waals surface area (Å²) in [6.07, 6.45) is -4.90. The third kappa shape index (κ3) is 4.74. The molecule has 1 unspecified atom stereocenters. The summed E-state index contributed by atoms with van der Waals surface area (Å²) in [5.41, 5.74) is 0.599. The number of halogens is 3. The molecule has 1 amide bonds. The van der Waals surface area contributed by atoms with E-state index in [0.717, 1.165) is 17.0 Å². The number of rotatable bonds is 7. The van der Waals surface area contributed by atoms with Gasteiger partial charge >= 0.3 is 6.36 Å². The molecule has 3 aromatic carbocycles. The van der Waals surface area contributed by atoms with Crippen LogP contribution in [0, 0.1) is 0 Å². The molecule has 0 saturated carbocycles. The van der Waals surface area contributed by atoms with Gasteiger partial charge in [-0.3, -0.25) is 14.5 Å². The third-order valence-electron chi connectivity index (χ3n) is 6.18. The van der Waals surface area contributed by atoms with E-state index in [1.807, 2.05) is 0 Å². The number of carbonyl (C=O) groups is 2. The van der Waals surface area contributed by atoms with Crippen molar-refractivity contribution in [3.63, 3.8) is 0 Å². The lowest BCUT2D eigenvalue weighted by molar-refractivity contribution is -0.274. The van der Waals surface area contributed by atoms with Gasteiger partial charge in [0.15, 0.2) is 22.9 Å². The first kappa shape index (κ1) is 25.7. The van der Waals surface area contributed by atoms with Crippen molar-refractivity contribution < 1.29 is 46.5 Å². The van der Waals surface area contributed by atoms with Crippen molar-refractivity contribution in [2.75, 3.05) is 19.1 Å². The van der Waals surface area contributed by atoms with Crippen LogP contribution in [0.3, 0.4) is 0 Å². The van der Waals surface area contributed by atoms with Crippen molar-refractivity contribution in [2.45, 2.75) is 12.4 Å². The monoisotopic (exact) mass is 539 g/mol. The normalized spacial score (nSPS) is 15.7. The molecule has 1 aromatic heterocycles. The Kier molecular flexibility index (Phi) is 6.43. The largest absolute Gasteiger partial charge is 0.573 e. The number of furan rings is 1. The molecular formula is C28H20F3NO7. The number of para-hydroxylation sites is 1. The summed E-state index contributed by atoms with van der Waals surface area (Å²) in [4.78, 5) is 28.2. The van der Waals surface area contributed by atoms with Crippen molar-refractivity contribution in [2.24, 2.45) is 0 Å². The Morgan fingerprint density at radius 1 is 0.949 bits per heavy atom. The highest BCUT2D eigenvalue weighted by atomic mass is 19.4. The van der Waals surface area contributed by atoms with Gasteiger partial charge in [0.1, 0.15) is 11.5 Å². The fourth-order valence-corrected chi connectivity index (χ4v) is 4.46. The number of aliphatic hydroxyl groups is 1. The molecule has 5 rings (SSSR count). The summed E-state index contributed by atoms with van der Waals surface area (Å²) in [5.74, 6) is -2.22. The predicted molar refractivity (Wildman–Crippen MR) is 133 cm³/mol. The van der Waals surface area contributed by atoms with Gasteiger partial charge in [0.25, 0.3) is 5.91 Å². The smallest absolute Gasteiger partial charge is 0.503 e. The zero-order valence-corrected chi connectivity index (χ0v) is 20.5. The van der Waals surface area contributed by atoms with Gasteiger partial charge in [0.05, 0.1) is 25.8 Å². The van der Waals surface area contributed by atoms with E-state index in [1.165, 1.54) is 32.4 Å². The standard InChI is InChI=1S/C28H20F3NO7/c1-36-18-10-6-15(7-11-18)23-22(24(33)21-14-16-4-3-5-20(37-2)26(16)38-21)25(34)27(35)32(23)17-8-12-19(13-9-17)39-28(29,30)31/h3-14,23,34H,1-2H3. The number of amides is 1. The Labute approximate surface area is 219 Å². The molecule has 8 nitrogen and oxygen atoms in total. The number of carbonyl (C=O) groups excluding carboxylic acids is 2. The number of anilines is 1. The fourth-order valence-electron chi connectivity index (χ4n) is 4.46. The molecule has 0 fully saturated rings. The number of ketones is 1. The van der Waals surface area contributed by atoms with Crippen molar-refractivity contribution in [1.82, 2.24) is 0 Å². The van der Waals surface area contributed by atoms with E-state index in [4.69, 9.17) is 13.9 Å². The van der Waals surface area contributed by atoms with Crippen molar-refractivity contribution in [1.29, 1.82) is 0 Å². The van der Waals surface area contributed by atoms with Crippen LogP contribution in [0.1, 0.15) is 22.2 Å². The number of hydrogen-bond donors (Lipinski definition) is 1. The van der Waals surface area contributed by atoms with Gasteiger partial charge in [-0.05, 0) is 54.1 Å². The average Bonchev–Trinajstić information content (AvgIpc) is 3.47. The van der Waals surface area contributed by atoms with E-state index < -0.39 is 35.6 Å². The molecular weight excluding hydrogens is 519 g/mol. The molecule has 4 aromatic rings. The van der Waals surface area contributed by atoms with Crippen LogP contribution < -0.4 is 19.1 Å². The Morgan fingerprint density at radius 3 is 2.23 bits per heavy atom. The van der Waals surface area contributed by atoms with E-state index in [-0.39, 0.29) is 17.0 Å². The van der Waals surface area contributed by atoms with E-state index in [2.05, 4.69) is 4.74 Å². The number of methoxy groups -OCH3 is 2. The lowest BCUT2D eigenvalue weighted by atomic mass is 9.94. The number of nitrogens with zero attached hydrogens (tertiary/aromatic N) is 1. The van der Waals surface area contributed by atoms with Crippen LogP contribution in [0.5, 0.6) is 17.2 Å². The van der Waals surface area contributed by atoms with E-state index in [0.29, 0.717) is 28.0 Å². The van der Waals surface area contributed by atoms with Gasteiger partial charge in [-0.2, -0.15) is 0 Å². The summed E-state index contributed by atoms with van der Waals surface area (Å²) in [6.45, 7) is 0. The molecule has 11 heteroatoms. The van der Waals surface area contributed by atoms with Crippen LogP contribution in [0.2, 0.25) is 0 Å². The third-order valence-corrected chi connectivity index (χ3v) is 6.18. The van der Waals surface area contributed by atoms with Gasteiger partial charge in [0.2, 0.25) is 5.78 Å². The summed E-state index contributed by atoms with van der Waals surface area (Å²) >= 11 is 0. The Hall–Kier alpha value is -4.93. The molecule has 39 heavy (non-hydrogen) atoms. The number of ether oxygens (including phenoxy) is 3. The molecule has 0 bridgehead atoms. The highest BCUT2D eigenvalue weighted by Gasteiger charge is 2.45. The second kappa shape index (κ2) is 9.75. The number of benzene rings is 3. The highest BCUT2D eigenvalue weighted by Crippen LogP contribution is 2.43. The molecule has 0 saturated heterocycles. The maximum atomic E-state index is 13.8. The minimum atomic E-state index is -4.90. The molecule has 0 aliphatic carbocycles. The van der Waals surface area contributed by atoms with Crippen LogP contribution in [-0.2, 0) is 4.79 Å². The van der Waals surface area contributed by atoms with Gasteiger partial charge < -0.3 is 23.7 Å². The zero-order chi connectivity index (χ0) is 27.9. The zero-order valence-electron chi connectivity index (χ0n) is 20.5. The van der Waals surface area contributed by atoms with Crippen LogP contribution >= 0.6 is 0 Å². The van der Waals surface area contributed by atoms with Crippen LogP contribution in [0.4, 0.5) is 18.9 Å². The van der Waals surface area contributed by atoms with Crippen molar-refractivity contribution in [3.8, 4) is 17.2 Å². The Balaban J connectivity index is 1.60. The maximum absolute atomic E-state index is 13.8. The van der Waals surface area contributed by atoms with Crippen LogP contribution in [0.25, 0.3) is 11.0 Å². The number of alkyl halides is 3. The lowest BCUT2D eigenvalue weighted by Crippen LogP contribution is -2.31. The number of Topliss-reactive ketones (excluding diaryl/α,β-unsaturated/α-hetero) is 1. The molecule has 0 radical (unpaired) electrons. The first-order valence-electron chi connectivity index (χ1n) is 11.5. The number of hydrogen-bond acceptors (Lipinski definition) is 7.